The highest BCUT2D eigenvalue weighted by molar-refractivity contribution is 8.32. The van der Waals surface area contributed by atoms with Gasteiger partial charge in [-0.3, -0.25) is 0 Å². The quantitative estimate of drug-likeness (QED) is 0.665. The third kappa shape index (κ3) is 3.56. The maximum absolute atomic E-state index is 13.3. The van der Waals surface area contributed by atoms with Crippen molar-refractivity contribution in [2.75, 3.05) is 29.5 Å². The summed E-state index contributed by atoms with van der Waals surface area (Å²) in [4.78, 5) is 1.89. The number of anilines is 1. The van der Waals surface area contributed by atoms with Gasteiger partial charge in [0.2, 0.25) is 5.69 Å². The molecule has 1 aliphatic rings. The first kappa shape index (κ1) is 15.4. The van der Waals surface area contributed by atoms with Crippen molar-refractivity contribution in [2.45, 2.75) is 12.0 Å². The van der Waals surface area contributed by atoms with Gasteiger partial charge in [0.25, 0.3) is 0 Å². The number of aliphatic hydroxyl groups is 1. The lowest BCUT2D eigenvalue weighted by Gasteiger charge is -2.47. The molecule has 0 spiro atoms. The van der Waals surface area contributed by atoms with Crippen LogP contribution in [0.1, 0.15) is 0 Å². The zero-order chi connectivity index (χ0) is 14.8. The van der Waals surface area contributed by atoms with Gasteiger partial charge in [0.15, 0.2) is 0 Å². The number of benzene rings is 1. The van der Waals surface area contributed by atoms with Crippen LogP contribution in [0.15, 0.2) is 30.3 Å². The van der Waals surface area contributed by atoms with E-state index >= 15 is 0 Å². The molecule has 1 unspecified atom stereocenters. The molecule has 0 bridgehead atoms. The summed E-state index contributed by atoms with van der Waals surface area (Å²) in [5, 5.41) is 9.14. The fraction of sp³-hybridized carbons (Fsp3) is 0.500. The Hall–Kier alpha value is -0.990. The van der Waals surface area contributed by atoms with Gasteiger partial charge in [-0.15, -0.1) is 10.2 Å². The molecule has 0 amide bonds. The summed E-state index contributed by atoms with van der Waals surface area (Å²) in [6.07, 6.45) is -4.68. The first-order chi connectivity index (χ1) is 9.32. The maximum Gasteiger partial charge on any atom is 0.465 e. The highest BCUT2D eigenvalue weighted by Gasteiger charge is 2.44. The fourth-order valence-corrected chi connectivity index (χ4v) is 4.68. The van der Waals surface area contributed by atoms with E-state index in [9.17, 15) is 17.6 Å². The summed E-state index contributed by atoms with van der Waals surface area (Å²) < 4.78 is 52.1. The monoisotopic (exact) mass is 312 g/mol. The first-order valence-electron chi connectivity index (χ1n) is 6.08. The van der Waals surface area contributed by atoms with E-state index in [1.807, 2.05) is 35.2 Å². The molecule has 1 aliphatic heterocycles. The van der Waals surface area contributed by atoms with E-state index in [1.165, 1.54) is 4.72 Å². The number of aliphatic hydroxyl groups excluding tert-OH is 1. The Kier molecular flexibility index (Phi) is 4.46. The molecule has 1 atom stereocenters. The normalized spacial score (nSPS) is 22.4. The van der Waals surface area contributed by atoms with Crippen molar-refractivity contribution >= 4 is 15.9 Å². The van der Waals surface area contributed by atoms with Crippen molar-refractivity contribution in [1.29, 1.82) is 0 Å². The number of hydrogen-bond acceptors (Lipinski definition) is 3. The van der Waals surface area contributed by atoms with E-state index in [4.69, 9.17) is 5.11 Å². The van der Waals surface area contributed by atoms with E-state index in [2.05, 4.69) is 0 Å². The van der Waals surface area contributed by atoms with Crippen LogP contribution in [0.3, 0.4) is 0 Å². The van der Waals surface area contributed by atoms with Gasteiger partial charge in [-0.2, -0.15) is 17.9 Å². The Morgan fingerprint density at radius 1 is 1.15 bits per heavy atom. The molecule has 20 heavy (non-hydrogen) atoms. The number of nitrogens with zero attached hydrogens (tertiary/aromatic N) is 1. The molecule has 1 aromatic rings. The van der Waals surface area contributed by atoms with Gasteiger partial charge in [-0.05, 0) is 12.1 Å². The highest BCUT2D eigenvalue weighted by atomic mass is 32.3. The molecule has 0 radical (unpaired) electrons. The summed E-state index contributed by atoms with van der Waals surface area (Å²) >= 11 is 0. The predicted octanol–water partition coefficient (Wildman–Crippen LogP) is 2.58. The molecule has 1 aromatic carbocycles. The molecule has 3 nitrogen and oxygen atoms in total. The number of rotatable bonds is 3. The van der Waals surface area contributed by atoms with Crippen LogP contribution in [0, 0.1) is 0 Å². The first-order valence-corrected chi connectivity index (χ1v) is 8.11. The molecular formula is C12H16F4N2OS. The number of nitrogens with one attached hydrogen (secondary N) is 1. The van der Waals surface area contributed by atoms with Crippen LogP contribution in [0.25, 0.3) is 0 Å². The van der Waals surface area contributed by atoms with E-state index < -0.39 is 22.2 Å². The van der Waals surface area contributed by atoms with E-state index in [1.54, 1.807) is 0 Å². The van der Waals surface area contributed by atoms with Crippen molar-refractivity contribution < 1.29 is 22.7 Å². The molecule has 1 fully saturated rings. The van der Waals surface area contributed by atoms with Crippen molar-refractivity contribution in [2.24, 2.45) is 0 Å². The van der Waals surface area contributed by atoms with E-state index in [0.717, 1.165) is 5.69 Å². The number of hydrogen-bond donors (Lipinski definition) is 2. The highest BCUT2D eigenvalue weighted by Crippen LogP contribution is 2.52. The van der Waals surface area contributed by atoms with Gasteiger partial charge in [0.1, 0.15) is 0 Å². The lowest BCUT2D eigenvalue weighted by Crippen LogP contribution is -2.50. The largest absolute Gasteiger partial charge is 0.465 e. The van der Waals surface area contributed by atoms with Crippen LogP contribution in [-0.4, -0.2) is 41.7 Å². The molecule has 1 saturated heterocycles. The van der Waals surface area contributed by atoms with Gasteiger partial charge in [0, 0.05) is 30.3 Å². The predicted molar refractivity (Wildman–Crippen MR) is 72.3 cm³/mol. The summed E-state index contributed by atoms with van der Waals surface area (Å²) in [6.45, 7) is 0.562. The number of halogens is 4. The minimum atomic E-state index is -4.68. The topological polar surface area (TPSA) is 35.5 Å². The van der Waals surface area contributed by atoms with Gasteiger partial charge < -0.3 is 10.0 Å². The third-order valence-corrected chi connectivity index (χ3v) is 6.47. The Morgan fingerprint density at radius 2 is 1.70 bits per heavy atom. The van der Waals surface area contributed by atoms with Crippen LogP contribution in [0.2, 0.25) is 0 Å². The van der Waals surface area contributed by atoms with Crippen molar-refractivity contribution in [3.8, 4) is 0 Å². The Bertz CT molecular complexity index is 433. The fourth-order valence-electron chi connectivity index (χ4n) is 2.23. The van der Waals surface area contributed by atoms with Crippen molar-refractivity contribution in [3.05, 3.63) is 30.3 Å². The minimum absolute atomic E-state index is 0.0426. The van der Waals surface area contributed by atoms with Crippen LogP contribution in [0.4, 0.5) is 23.2 Å². The van der Waals surface area contributed by atoms with Crippen molar-refractivity contribution in [1.82, 2.24) is 4.72 Å². The number of alkyl halides is 4. The Morgan fingerprint density at radius 3 is 2.15 bits per heavy atom. The van der Waals surface area contributed by atoms with Gasteiger partial charge >= 0.3 is 6.30 Å². The minimum Gasteiger partial charge on any atom is -0.370 e. The Labute approximate surface area is 116 Å². The molecule has 114 valence electrons. The van der Waals surface area contributed by atoms with Gasteiger partial charge in [-0.25, -0.2) is 4.39 Å². The van der Waals surface area contributed by atoms with E-state index in [0.29, 0.717) is 0 Å². The molecular weight excluding hydrogens is 296 g/mol. The van der Waals surface area contributed by atoms with Crippen LogP contribution in [-0.2, 0) is 0 Å². The SMILES string of the molecule is OC(F)S1(NC(F)(F)F)CCN(c2ccccc2)CC1. The zero-order valence-corrected chi connectivity index (χ0v) is 11.4. The molecule has 0 saturated carbocycles. The Balaban J connectivity index is 2.07. The third-order valence-electron chi connectivity index (χ3n) is 3.26. The molecule has 8 heteroatoms. The average Bonchev–Trinajstić information content (AvgIpc) is 2.38. The second kappa shape index (κ2) is 5.79. The standard InChI is InChI=1S/C12H16F4N2OS/c13-11(19)20(17-12(14,15)16)8-6-18(7-9-20)10-4-2-1-3-5-10/h1-5,11,17,19H,6-9H2. The molecule has 0 aromatic heterocycles. The lowest BCUT2D eigenvalue weighted by molar-refractivity contribution is -0.138. The van der Waals surface area contributed by atoms with Crippen LogP contribution < -0.4 is 9.62 Å². The lowest BCUT2D eigenvalue weighted by atomic mass is 10.3. The van der Waals surface area contributed by atoms with Gasteiger partial charge in [0.05, 0.1) is 0 Å². The second-order valence-corrected chi connectivity index (χ2v) is 7.86. The summed E-state index contributed by atoms with van der Waals surface area (Å²) in [7, 11) is -2.94. The number of para-hydroxylation sites is 1. The summed E-state index contributed by atoms with van der Waals surface area (Å²) in [5.74, 6) is -0.0852. The zero-order valence-electron chi connectivity index (χ0n) is 10.6. The molecule has 1 heterocycles. The molecule has 2 rings (SSSR count). The van der Waals surface area contributed by atoms with Crippen LogP contribution >= 0.6 is 10.2 Å². The maximum atomic E-state index is 13.3. The average molecular weight is 312 g/mol. The smallest absolute Gasteiger partial charge is 0.370 e. The summed E-state index contributed by atoms with van der Waals surface area (Å²) in [5.41, 5.74) is -1.58. The van der Waals surface area contributed by atoms with Crippen molar-refractivity contribution in [3.63, 3.8) is 0 Å². The summed E-state index contributed by atoms with van der Waals surface area (Å²) in [6, 6.07) is 9.22. The van der Waals surface area contributed by atoms with E-state index in [-0.39, 0.29) is 24.6 Å². The van der Waals surface area contributed by atoms with Crippen LogP contribution in [0.5, 0.6) is 0 Å². The second-order valence-electron chi connectivity index (χ2n) is 4.57. The molecule has 2 N–H and O–H groups in total. The molecule has 0 aliphatic carbocycles. The van der Waals surface area contributed by atoms with Gasteiger partial charge in [-0.1, -0.05) is 18.2 Å².